The number of rotatable bonds is 5. The Balaban J connectivity index is 2.14. The number of hydrogen-bond acceptors (Lipinski definition) is 4. The fourth-order valence-corrected chi connectivity index (χ4v) is 2.13. The third-order valence-corrected chi connectivity index (χ3v) is 3.21. The third-order valence-electron chi connectivity index (χ3n) is 2.92. The molecule has 1 N–H and O–H groups in total. The molecule has 0 aliphatic carbocycles. The standard InChI is InChI=1S/C15H17ClN2O2/c1-10-6-13(16)15(17-8-10)18-9-11-4-5-12(19-2)7-14(11)20-3/h4-8H,9H2,1-3H3,(H,17,18). The maximum atomic E-state index is 6.14. The van der Waals surface area contributed by atoms with Crippen LogP contribution in [-0.2, 0) is 6.54 Å². The summed E-state index contributed by atoms with van der Waals surface area (Å²) >= 11 is 6.14. The second-order valence-electron chi connectivity index (χ2n) is 4.37. The maximum Gasteiger partial charge on any atom is 0.145 e. The Hall–Kier alpha value is -1.94. The lowest BCUT2D eigenvalue weighted by molar-refractivity contribution is 0.391. The average Bonchev–Trinajstić information content (AvgIpc) is 2.46. The first-order valence-corrected chi connectivity index (χ1v) is 6.58. The van der Waals surface area contributed by atoms with Gasteiger partial charge in [-0.3, -0.25) is 0 Å². The number of pyridine rings is 1. The van der Waals surface area contributed by atoms with E-state index in [9.17, 15) is 0 Å². The molecule has 0 amide bonds. The molecule has 2 rings (SSSR count). The van der Waals surface area contributed by atoms with Crippen molar-refractivity contribution in [2.45, 2.75) is 13.5 Å². The summed E-state index contributed by atoms with van der Waals surface area (Å²) in [5, 5.41) is 3.81. The van der Waals surface area contributed by atoms with Gasteiger partial charge < -0.3 is 14.8 Å². The number of benzene rings is 1. The molecule has 1 aromatic heterocycles. The molecule has 0 spiro atoms. The molecule has 0 saturated carbocycles. The van der Waals surface area contributed by atoms with E-state index in [1.807, 2.05) is 31.2 Å². The first-order chi connectivity index (χ1) is 9.63. The van der Waals surface area contributed by atoms with Crippen molar-refractivity contribution in [2.24, 2.45) is 0 Å². The van der Waals surface area contributed by atoms with Crippen LogP contribution in [0.5, 0.6) is 11.5 Å². The molecule has 0 fully saturated rings. The molecule has 20 heavy (non-hydrogen) atoms. The van der Waals surface area contributed by atoms with Crippen molar-refractivity contribution in [1.82, 2.24) is 4.98 Å². The van der Waals surface area contributed by atoms with Crippen LogP contribution in [0.25, 0.3) is 0 Å². The third kappa shape index (κ3) is 3.33. The Morgan fingerprint density at radius 3 is 2.65 bits per heavy atom. The van der Waals surface area contributed by atoms with Gasteiger partial charge in [0.2, 0.25) is 0 Å². The smallest absolute Gasteiger partial charge is 0.145 e. The monoisotopic (exact) mass is 292 g/mol. The van der Waals surface area contributed by atoms with Crippen molar-refractivity contribution < 1.29 is 9.47 Å². The lowest BCUT2D eigenvalue weighted by Crippen LogP contribution is -2.04. The van der Waals surface area contributed by atoms with E-state index < -0.39 is 0 Å². The van der Waals surface area contributed by atoms with Crippen molar-refractivity contribution >= 4 is 17.4 Å². The molecule has 0 bridgehead atoms. The lowest BCUT2D eigenvalue weighted by Gasteiger charge is -2.12. The number of anilines is 1. The Morgan fingerprint density at radius 2 is 2.00 bits per heavy atom. The van der Waals surface area contributed by atoms with E-state index in [0.29, 0.717) is 17.4 Å². The summed E-state index contributed by atoms with van der Waals surface area (Å²) in [4.78, 5) is 4.27. The molecule has 1 heterocycles. The topological polar surface area (TPSA) is 43.4 Å². The normalized spacial score (nSPS) is 10.2. The van der Waals surface area contributed by atoms with Crippen LogP contribution in [0.1, 0.15) is 11.1 Å². The Morgan fingerprint density at radius 1 is 1.20 bits per heavy atom. The van der Waals surface area contributed by atoms with E-state index in [-0.39, 0.29) is 0 Å². The van der Waals surface area contributed by atoms with Gasteiger partial charge in [0.15, 0.2) is 0 Å². The van der Waals surface area contributed by atoms with Gasteiger partial charge in [0.25, 0.3) is 0 Å². The summed E-state index contributed by atoms with van der Waals surface area (Å²) in [6, 6.07) is 7.57. The minimum atomic E-state index is 0.572. The highest BCUT2D eigenvalue weighted by molar-refractivity contribution is 6.32. The zero-order chi connectivity index (χ0) is 14.5. The van der Waals surface area contributed by atoms with Crippen molar-refractivity contribution in [3.8, 4) is 11.5 Å². The van der Waals surface area contributed by atoms with E-state index in [1.165, 1.54) is 0 Å². The molecule has 0 saturated heterocycles. The first-order valence-electron chi connectivity index (χ1n) is 6.21. The molecule has 0 aliphatic rings. The van der Waals surface area contributed by atoms with Crippen LogP contribution in [0.3, 0.4) is 0 Å². The number of methoxy groups -OCH3 is 2. The van der Waals surface area contributed by atoms with Gasteiger partial charge in [0.1, 0.15) is 17.3 Å². The molecular weight excluding hydrogens is 276 g/mol. The zero-order valence-corrected chi connectivity index (χ0v) is 12.5. The van der Waals surface area contributed by atoms with Crippen molar-refractivity contribution in [1.29, 1.82) is 0 Å². The predicted molar refractivity (Wildman–Crippen MR) is 80.9 cm³/mol. The van der Waals surface area contributed by atoms with E-state index >= 15 is 0 Å². The number of ether oxygens (including phenoxy) is 2. The van der Waals surface area contributed by atoms with Crippen LogP contribution in [-0.4, -0.2) is 19.2 Å². The van der Waals surface area contributed by atoms with Gasteiger partial charge in [-0.25, -0.2) is 4.98 Å². The van der Waals surface area contributed by atoms with E-state index in [4.69, 9.17) is 21.1 Å². The molecule has 0 unspecified atom stereocenters. The number of aryl methyl sites for hydroxylation is 1. The number of nitrogens with one attached hydrogen (secondary N) is 1. The largest absolute Gasteiger partial charge is 0.497 e. The molecule has 1 aromatic carbocycles. The van der Waals surface area contributed by atoms with E-state index in [2.05, 4.69) is 10.3 Å². The number of hydrogen-bond donors (Lipinski definition) is 1. The summed E-state index contributed by atoms with van der Waals surface area (Å²) in [7, 11) is 3.26. The number of halogens is 1. The lowest BCUT2D eigenvalue weighted by atomic mass is 10.2. The van der Waals surface area contributed by atoms with Crippen LogP contribution in [0.4, 0.5) is 5.82 Å². The second-order valence-corrected chi connectivity index (χ2v) is 4.78. The Bertz CT molecular complexity index is 602. The van der Waals surface area contributed by atoms with Gasteiger partial charge in [-0.2, -0.15) is 0 Å². The fraction of sp³-hybridized carbons (Fsp3) is 0.267. The molecule has 4 nitrogen and oxygen atoms in total. The summed E-state index contributed by atoms with van der Waals surface area (Å²) in [6.07, 6.45) is 1.78. The van der Waals surface area contributed by atoms with Crippen molar-refractivity contribution in [3.05, 3.63) is 46.6 Å². The summed E-state index contributed by atoms with van der Waals surface area (Å²) in [5.74, 6) is 2.19. The fourth-order valence-electron chi connectivity index (χ4n) is 1.84. The Kier molecular flexibility index (Phi) is 4.69. The molecular formula is C15H17ClN2O2. The van der Waals surface area contributed by atoms with Crippen LogP contribution in [0, 0.1) is 6.92 Å². The van der Waals surface area contributed by atoms with Gasteiger partial charge >= 0.3 is 0 Å². The van der Waals surface area contributed by atoms with Crippen molar-refractivity contribution in [2.75, 3.05) is 19.5 Å². The molecule has 2 aromatic rings. The van der Waals surface area contributed by atoms with Crippen LogP contribution in [0.15, 0.2) is 30.5 Å². The zero-order valence-electron chi connectivity index (χ0n) is 11.7. The van der Waals surface area contributed by atoms with Crippen LogP contribution >= 0.6 is 11.6 Å². The first kappa shape index (κ1) is 14.5. The van der Waals surface area contributed by atoms with E-state index in [0.717, 1.165) is 22.6 Å². The summed E-state index contributed by atoms with van der Waals surface area (Å²) in [5.41, 5.74) is 2.04. The quantitative estimate of drug-likeness (QED) is 0.913. The predicted octanol–water partition coefficient (Wildman–Crippen LogP) is 3.67. The maximum absolute atomic E-state index is 6.14. The number of aromatic nitrogens is 1. The van der Waals surface area contributed by atoms with Gasteiger partial charge in [-0.05, 0) is 30.7 Å². The summed E-state index contributed by atoms with van der Waals surface area (Å²) < 4.78 is 10.5. The molecule has 0 radical (unpaired) electrons. The number of nitrogens with zero attached hydrogens (tertiary/aromatic N) is 1. The average molecular weight is 293 g/mol. The van der Waals surface area contributed by atoms with Crippen molar-refractivity contribution in [3.63, 3.8) is 0 Å². The second kappa shape index (κ2) is 6.48. The van der Waals surface area contributed by atoms with Gasteiger partial charge in [0, 0.05) is 24.4 Å². The molecule has 0 aliphatic heterocycles. The molecule has 106 valence electrons. The minimum Gasteiger partial charge on any atom is -0.497 e. The van der Waals surface area contributed by atoms with E-state index in [1.54, 1.807) is 20.4 Å². The SMILES string of the molecule is COc1ccc(CNc2ncc(C)cc2Cl)c(OC)c1. The molecule has 5 heteroatoms. The van der Waals surface area contributed by atoms with Gasteiger partial charge in [0.05, 0.1) is 19.2 Å². The van der Waals surface area contributed by atoms with Gasteiger partial charge in [-0.15, -0.1) is 0 Å². The highest BCUT2D eigenvalue weighted by Crippen LogP contribution is 2.26. The minimum absolute atomic E-state index is 0.572. The molecule has 0 atom stereocenters. The van der Waals surface area contributed by atoms with Gasteiger partial charge in [-0.1, -0.05) is 11.6 Å². The highest BCUT2D eigenvalue weighted by Gasteiger charge is 2.07. The van der Waals surface area contributed by atoms with Crippen LogP contribution < -0.4 is 14.8 Å². The Labute approximate surface area is 123 Å². The summed E-state index contributed by atoms with van der Waals surface area (Å²) in [6.45, 7) is 2.53. The van der Waals surface area contributed by atoms with Crippen LogP contribution in [0.2, 0.25) is 5.02 Å². The highest BCUT2D eigenvalue weighted by atomic mass is 35.5.